The molecule has 0 bridgehead atoms. The van der Waals surface area contributed by atoms with E-state index in [1.165, 1.54) is 31.6 Å². The van der Waals surface area contributed by atoms with Crippen LogP contribution in [-0.2, 0) is 23.8 Å². The van der Waals surface area contributed by atoms with Crippen LogP contribution in [0, 0.1) is 5.82 Å². The summed E-state index contributed by atoms with van der Waals surface area (Å²) in [5.41, 5.74) is 0.835. The quantitative estimate of drug-likeness (QED) is 0.350. The number of anilines is 3. The maximum Gasteiger partial charge on any atom is 0.416 e. The maximum atomic E-state index is 13.8. The molecule has 12 heteroatoms. The van der Waals surface area contributed by atoms with Crippen LogP contribution in [0.25, 0.3) is 10.9 Å². The number of halogens is 4. The van der Waals surface area contributed by atoms with E-state index >= 15 is 0 Å². The monoisotopic (exact) mass is 527 g/mol. The molecule has 8 nitrogen and oxygen atoms in total. The molecule has 2 aromatic carbocycles. The van der Waals surface area contributed by atoms with Crippen LogP contribution < -0.4 is 19.7 Å². The van der Waals surface area contributed by atoms with Crippen molar-refractivity contribution in [2.75, 3.05) is 31.0 Å². The van der Waals surface area contributed by atoms with Gasteiger partial charge >= 0.3 is 6.18 Å². The Morgan fingerprint density at radius 3 is 2.53 bits per heavy atom. The smallest absolute Gasteiger partial charge is 0.416 e. The first-order valence-corrected chi connectivity index (χ1v) is 11.5. The van der Waals surface area contributed by atoms with E-state index < -0.39 is 23.5 Å². The number of aromatic nitrogens is 3. The number of amides is 1. The van der Waals surface area contributed by atoms with Crippen molar-refractivity contribution in [1.29, 1.82) is 0 Å². The van der Waals surface area contributed by atoms with Gasteiger partial charge in [0.05, 0.1) is 43.6 Å². The van der Waals surface area contributed by atoms with Crippen LogP contribution in [-0.4, -0.2) is 41.6 Å². The first-order chi connectivity index (χ1) is 18.2. The molecule has 5 rings (SSSR count). The molecule has 0 saturated carbocycles. The van der Waals surface area contributed by atoms with Gasteiger partial charge in [0, 0.05) is 18.0 Å². The van der Waals surface area contributed by atoms with Crippen LogP contribution in [0.1, 0.15) is 16.7 Å². The van der Waals surface area contributed by atoms with Gasteiger partial charge in [-0.25, -0.2) is 19.3 Å². The third kappa shape index (κ3) is 4.89. The molecule has 0 spiro atoms. The minimum atomic E-state index is -4.71. The molecule has 0 atom stereocenters. The highest BCUT2D eigenvalue weighted by Crippen LogP contribution is 2.36. The van der Waals surface area contributed by atoms with Gasteiger partial charge in [0.25, 0.3) is 0 Å². The van der Waals surface area contributed by atoms with Gasteiger partial charge in [-0.05, 0) is 47.9 Å². The Labute approximate surface area is 214 Å². The number of rotatable bonds is 6. The number of hydrogen-bond acceptors (Lipinski definition) is 7. The number of fused-ring (bicyclic) bond motifs is 2. The Morgan fingerprint density at radius 1 is 1.03 bits per heavy atom. The van der Waals surface area contributed by atoms with E-state index in [1.54, 1.807) is 12.1 Å². The van der Waals surface area contributed by atoms with E-state index in [9.17, 15) is 22.4 Å². The highest BCUT2D eigenvalue weighted by molar-refractivity contribution is 5.96. The summed E-state index contributed by atoms with van der Waals surface area (Å²) < 4.78 is 63.6. The van der Waals surface area contributed by atoms with Crippen molar-refractivity contribution in [1.82, 2.24) is 15.0 Å². The average molecular weight is 527 g/mol. The molecular weight excluding hydrogens is 506 g/mol. The number of benzene rings is 2. The van der Waals surface area contributed by atoms with E-state index in [0.29, 0.717) is 58.8 Å². The van der Waals surface area contributed by atoms with Crippen LogP contribution in [0.5, 0.6) is 11.5 Å². The molecule has 4 aromatic rings. The number of ether oxygens (including phenoxy) is 2. The lowest BCUT2D eigenvalue weighted by molar-refractivity contribution is -0.137. The van der Waals surface area contributed by atoms with E-state index in [2.05, 4.69) is 20.3 Å². The van der Waals surface area contributed by atoms with Gasteiger partial charge < -0.3 is 14.8 Å². The molecule has 196 valence electrons. The molecule has 38 heavy (non-hydrogen) atoms. The predicted molar refractivity (Wildman–Crippen MR) is 131 cm³/mol. The summed E-state index contributed by atoms with van der Waals surface area (Å²) in [5.74, 6) is 0.438. The van der Waals surface area contributed by atoms with Gasteiger partial charge in [0.2, 0.25) is 5.91 Å². The molecule has 0 unspecified atom stereocenters. The van der Waals surface area contributed by atoms with Crippen LogP contribution in [0.15, 0.2) is 48.9 Å². The van der Waals surface area contributed by atoms with Gasteiger partial charge in [0.1, 0.15) is 23.8 Å². The van der Waals surface area contributed by atoms with E-state index in [-0.39, 0.29) is 12.0 Å². The van der Waals surface area contributed by atoms with Gasteiger partial charge in [0.15, 0.2) is 11.5 Å². The zero-order valence-electron chi connectivity index (χ0n) is 20.3. The van der Waals surface area contributed by atoms with Crippen LogP contribution in [0.4, 0.5) is 34.9 Å². The number of hydrogen-bond donors (Lipinski definition) is 1. The van der Waals surface area contributed by atoms with Crippen molar-refractivity contribution >= 4 is 34.1 Å². The Bertz CT molecular complexity index is 1540. The fourth-order valence-corrected chi connectivity index (χ4v) is 4.39. The lowest BCUT2D eigenvalue weighted by atomic mass is 10.1. The Hall–Kier alpha value is -4.48. The number of nitrogens with zero attached hydrogens (tertiary/aromatic N) is 4. The third-order valence-electron chi connectivity index (χ3n) is 6.15. The molecular formula is C26H21F4N5O3. The average Bonchev–Trinajstić information content (AvgIpc) is 3.30. The normalized spacial score (nSPS) is 12.9. The van der Waals surface area contributed by atoms with Gasteiger partial charge in [-0.15, -0.1) is 0 Å². The first kappa shape index (κ1) is 25.2. The van der Waals surface area contributed by atoms with Gasteiger partial charge in [-0.3, -0.25) is 9.69 Å². The van der Waals surface area contributed by atoms with Crippen LogP contribution in [0.2, 0.25) is 0 Å². The summed E-state index contributed by atoms with van der Waals surface area (Å²) in [4.78, 5) is 27.3. The topological polar surface area (TPSA) is 89.5 Å². The van der Waals surface area contributed by atoms with Crippen LogP contribution in [0.3, 0.4) is 0 Å². The summed E-state index contributed by atoms with van der Waals surface area (Å²) in [5, 5.41) is 3.90. The molecule has 1 aliphatic rings. The summed E-state index contributed by atoms with van der Waals surface area (Å²) in [6.45, 7) is 0.305. The third-order valence-corrected chi connectivity index (χ3v) is 6.15. The SMILES string of the molecule is COc1cc2ncnc(Nc3cnc4c(c3)CCN4C(=O)Cc3cc(F)cc(C(F)(F)F)c3)c2cc1OC. The molecule has 1 aliphatic heterocycles. The minimum absolute atomic E-state index is 0.0586. The van der Waals surface area contributed by atoms with Crippen molar-refractivity contribution in [2.24, 2.45) is 0 Å². The summed E-state index contributed by atoms with van der Waals surface area (Å²) in [6, 6.07) is 7.45. The number of methoxy groups -OCH3 is 2. The van der Waals surface area contributed by atoms with E-state index in [1.807, 2.05) is 6.07 Å². The van der Waals surface area contributed by atoms with Gasteiger partial charge in [-0.1, -0.05) is 0 Å². The predicted octanol–water partition coefficient (Wildman–Crippen LogP) is 5.08. The van der Waals surface area contributed by atoms with E-state index in [0.717, 1.165) is 17.7 Å². The standard InChI is InChI=1S/C26H21F4N5O3/c1-37-21-10-19-20(11-22(21)38-2)32-13-33-24(19)34-18-8-15-3-4-35(25(15)31-12-18)23(36)7-14-5-16(26(28,29)30)9-17(27)6-14/h5-6,8-13H,3-4,7H2,1-2H3,(H,32,33,34). The maximum absolute atomic E-state index is 13.8. The number of carbonyl (C=O) groups is 1. The number of nitrogens with one attached hydrogen (secondary N) is 1. The molecule has 1 N–H and O–H groups in total. The number of alkyl halides is 3. The van der Waals surface area contributed by atoms with Gasteiger partial charge in [-0.2, -0.15) is 13.2 Å². The lowest BCUT2D eigenvalue weighted by Crippen LogP contribution is -2.31. The largest absolute Gasteiger partial charge is 0.493 e. The fourth-order valence-electron chi connectivity index (χ4n) is 4.39. The highest BCUT2D eigenvalue weighted by Gasteiger charge is 2.32. The second-order valence-electron chi connectivity index (χ2n) is 8.60. The highest BCUT2D eigenvalue weighted by atomic mass is 19.4. The number of carbonyl (C=O) groups excluding carboxylic acids is 1. The fraction of sp³-hybridized carbons (Fsp3) is 0.231. The van der Waals surface area contributed by atoms with Crippen molar-refractivity contribution in [3.63, 3.8) is 0 Å². The molecule has 0 fully saturated rings. The zero-order chi connectivity index (χ0) is 27.0. The lowest BCUT2D eigenvalue weighted by Gasteiger charge is -2.17. The summed E-state index contributed by atoms with van der Waals surface area (Å²) >= 11 is 0. The van der Waals surface area contributed by atoms with E-state index in [4.69, 9.17) is 9.47 Å². The zero-order valence-corrected chi connectivity index (χ0v) is 20.3. The molecule has 1 amide bonds. The van der Waals surface area contributed by atoms with Crippen molar-refractivity contribution in [3.05, 3.63) is 71.4 Å². The molecule has 0 radical (unpaired) electrons. The summed E-state index contributed by atoms with van der Waals surface area (Å²) in [7, 11) is 3.06. The second-order valence-corrected chi connectivity index (χ2v) is 8.60. The molecule has 2 aromatic heterocycles. The first-order valence-electron chi connectivity index (χ1n) is 11.5. The number of pyridine rings is 1. The Balaban J connectivity index is 1.37. The second kappa shape index (κ2) is 9.77. The Kier molecular flexibility index (Phi) is 6.47. The van der Waals surface area contributed by atoms with Crippen molar-refractivity contribution in [2.45, 2.75) is 19.0 Å². The minimum Gasteiger partial charge on any atom is -0.493 e. The van der Waals surface area contributed by atoms with Crippen LogP contribution >= 0.6 is 0 Å². The van der Waals surface area contributed by atoms with Crippen molar-refractivity contribution in [3.8, 4) is 11.5 Å². The molecule has 0 aliphatic carbocycles. The molecule has 3 heterocycles. The molecule has 0 saturated heterocycles. The Morgan fingerprint density at radius 2 is 1.79 bits per heavy atom. The summed E-state index contributed by atoms with van der Waals surface area (Å²) in [6.07, 6.45) is -1.66. The van der Waals surface area contributed by atoms with Crippen molar-refractivity contribution < 1.29 is 31.8 Å².